The zero-order chi connectivity index (χ0) is 21.6. The van der Waals surface area contributed by atoms with Crippen LogP contribution in [0.25, 0.3) is 11.5 Å². The predicted octanol–water partition coefficient (Wildman–Crippen LogP) is 4.50. The monoisotopic (exact) mass is 435 g/mol. The van der Waals surface area contributed by atoms with Crippen LogP contribution < -0.4 is 15.8 Å². The van der Waals surface area contributed by atoms with Crippen LogP contribution >= 0.6 is 11.8 Å². The first-order chi connectivity index (χ1) is 15.1. The van der Waals surface area contributed by atoms with Crippen molar-refractivity contribution in [2.24, 2.45) is 0 Å². The summed E-state index contributed by atoms with van der Waals surface area (Å²) in [5.41, 5.74) is 7.49. The highest BCUT2D eigenvalue weighted by Gasteiger charge is 2.19. The molecular weight excluding hydrogens is 414 g/mol. The lowest BCUT2D eigenvalue weighted by Crippen LogP contribution is -2.08. The second kappa shape index (κ2) is 9.43. The van der Waals surface area contributed by atoms with Crippen molar-refractivity contribution in [3.8, 4) is 17.2 Å². The molecule has 0 amide bonds. The van der Waals surface area contributed by atoms with Crippen LogP contribution in [0.5, 0.6) is 5.75 Å². The molecule has 1 atom stereocenters. The summed E-state index contributed by atoms with van der Waals surface area (Å²) < 4.78 is 11.5. The van der Waals surface area contributed by atoms with E-state index < -0.39 is 0 Å². The molecule has 9 nitrogen and oxygen atoms in total. The number of anilines is 3. The first kappa shape index (κ1) is 20.6. The van der Waals surface area contributed by atoms with Gasteiger partial charge in [0.1, 0.15) is 11.6 Å². The molecule has 2 heterocycles. The standard InChI is InChI=1S/C21H21N7O2S/c1-3-29-16-12-8-7-11-15(16)18-27-28-21(30-18)31-13(2)17-24-19(22)26-20(25-17)23-14-9-5-4-6-10-14/h4-13H,3H2,1-2H3,(H3,22,23,24,25,26)/t13-/m0/s1. The molecule has 0 aliphatic rings. The normalized spacial score (nSPS) is 11.8. The number of nitrogens with one attached hydrogen (secondary N) is 1. The number of nitrogen functional groups attached to an aromatic ring is 1. The van der Waals surface area contributed by atoms with E-state index >= 15 is 0 Å². The summed E-state index contributed by atoms with van der Waals surface area (Å²) in [6, 6.07) is 17.1. The van der Waals surface area contributed by atoms with E-state index in [4.69, 9.17) is 14.9 Å². The summed E-state index contributed by atoms with van der Waals surface area (Å²) in [5.74, 6) is 2.09. The van der Waals surface area contributed by atoms with Gasteiger partial charge in [0.25, 0.3) is 11.1 Å². The molecule has 10 heteroatoms. The first-order valence-corrected chi connectivity index (χ1v) is 10.6. The smallest absolute Gasteiger partial charge is 0.277 e. The number of rotatable bonds is 8. The van der Waals surface area contributed by atoms with Gasteiger partial charge in [0.05, 0.1) is 17.4 Å². The van der Waals surface area contributed by atoms with Gasteiger partial charge in [-0.1, -0.05) is 42.1 Å². The molecular formula is C21H21N7O2S. The van der Waals surface area contributed by atoms with Crippen LogP contribution in [0.1, 0.15) is 24.9 Å². The minimum absolute atomic E-state index is 0.132. The van der Waals surface area contributed by atoms with Crippen molar-refractivity contribution in [3.05, 3.63) is 60.4 Å². The summed E-state index contributed by atoms with van der Waals surface area (Å²) in [5, 5.41) is 11.6. The molecule has 0 bridgehead atoms. The fourth-order valence-electron chi connectivity index (χ4n) is 2.79. The van der Waals surface area contributed by atoms with Crippen molar-refractivity contribution >= 4 is 29.3 Å². The van der Waals surface area contributed by atoms with E-state index in [9.17, 15) is 0 Å². The van der Waals surface area contributed by atoms with Crippen molar-refractivity contribution in [2.45, 2.75) is 24.3 Å². The topological polar surface area (TPSA) is 125 Å². The van der Waals surface area contributed by atoms with Crippen LogP contribution in [-0.4, -0.2) is 31.8 Å². The maximum Gasteiger partial charge on any atom is 0.277 e. The molecule has 0 aliphatic carbocycles. The number of aromatic nitrogens is 5. The molecule has 0 saturated carbocycles. The summed E-state index contributed by atoms with van der Waals surface area (Å²) in [6.45, 7) is 4.41. The van der Waals surface area contributed by atoms with E-state index in [0.29, 0.717) is 35.2 Å². The molecule has 0 aliphatic heterocycles. The minimum atomic E-state index is -0.197. The molecule has 0 radical (unpaired) electrons. The molecule has 2 aromatic heterocycles. The lowest BCUT2D eigenvalue weighted by Gasteiger charge is -2.10. The number of hydrogen-bond acceptors (Lipinski definition) is 10. The quantitative estimate of drug-likeness (QED) is 0.382. The molecule has 0 saturated heterocycles. The highest BCUT2D eigenvalue weighted by Crippen LogP contribution is 2.36. The van der Waals surface area contributed by atoms with Crippen molar-refractivity contribution < 1.29 is 9.15 Å². The fourth-order valence-corrected chi connectivity index (χ4v) is 3.52. The number of nitrogens with two attached hydrogens (primary N) is 1. The van der Waals surface area contributed by atoms with Gasteiger partial charge in [-0.3, -0.25) is 0 Å². The van der Waals surface area contributed by atoms with Crippen LogP contribution in [-0.2, 0) is 0 Å². The third kappa shape index (κ3) is 5.10. The Hall–Kier alpha value is -3.66. The lowest BCUT2D eigenvalue weighted by atomic mass is 10.2. The van der Waals surface area contributed by atoms with Gasteiger partial charge in [0, 0.05) is 5.69 Å². The van der Waals surface area contributed by atoms with Gasteiger partial charge in [0.2, 0.25) is 11.9 Å². The molecule has 158 valence electrons. The average molecular weight is 436 g/mol. The number of ether oxygens (including phenoxy) is 1. The Morgan fingerprint density at radius 1 is 1.03 bits per heavy atom. The van der Waals surface area contributed by atoms with Gasteiger partial charge in [-0.25, -0.2) is 0 Å². The maximum atomic E-state index is 5.89. The third-order valence-corrected chi connectivity index (χ3v) is 5.10. The summed E-state index contributed by atoms with van der Waals surface area (Å²) in [7, 11) is 0. The largest absolute Gasteiger partial charge is 0.493 e. The molecule has 31 heavy (non-hydrogen) atoms. The van der Waals surface area contributed by atoms with E-state index in [2.05, 4.69) is 30.5 Å². The number of para-hydroxylation sites is 2. The van der Waals surface area contributed by atoms with Gasteiger partial charge < -0.3 is 20.2 Å². The van der Waals surface area contributed by atoms with E-state index in [0.717, 1.165) is 11.3 Å². The van der Waals surface area contributed by atoms with Crippen LogP contribution in [0.4, 0.5) is 17.6 Å². The Balaban J connectivity index is 1.51. The van der Waals surface area contributed by atoms with E-state index in [1.807, 2.05) is 68.4 Å². The lowest BCUT2D eigenvalue weighted by molar-refractivity contribution is 0.340. The van der Waals surface area contributed by atoms with Crippen molar-refractivity contribution in [2.75, 3.05) is 17.7 Å². The van der Waals surface area contributed by atoms with Crippen LogP contribution in [0.15, 0.2) is 64.2 Å². The highest BCUT2D eigenvalue weighted by atomic mass is 32.2. The number of thioether (sulfide) groups is 1. The Labute approximate surface area is 183 Å². The summed E-state index contributed by atoms with van der Waals surface area (Å²) >= 11 is 1.34. The van der Waals surface area contributed by atoms with E-state index in [1.54, 1.807) is 0 Å². The zero-order valence-electron chi connectivity index (χ0n) is 17.0. The second-order valence-corrected chi connectivity index (χ2v) is 7.72. The van der Waals surface area contributed by atoms with Crippen LogP contribution in [0, 0.1) is 0 Å². The molecule has 4 rings (SSSR count). The summed E-state index contributed by atoms with van der Waals surface area (Å²) in [6.07, 6.45) is 0. The van der Waals surface area contributed by atoms with Crippen molar-refractivity contribution in [1.29, 1.82) is 0 Å². The maximum absolute atomic E-state index is 5.89. The molecule has 3 N–H and O–H groups in total. The first-order valence-electron chi connectivity index (χ1n) is 9.68. The summed E-state index contributed by atoms with van der Waals surface area (Å²) in [4.78, 5) is 12.9. The number of nitrogens with zero attached hydrogens (tertiary/aromatic N) is 5. The molecule has 2 aromatic carbocycles. The second-order valence-electron chi connectivity index (χ2n) is 6.43. The predicted molar refractivity (Wildman–Crippen MR) is 119 cm³/mol. The highest BCUT2D eigenvalue weighted by molar-refractivity contribution is 7.99. The molecule has 0 fully saturated rings. The number of hydrogen-bond donors (Lipinski definition) is 2. The minimum Gasteiger partial charge on any atom is -0.493 e. The van der Waals surface area contributed by atoms with Crippen molar-refractivity contribution in [3.63, 3.8) is 0 Å². The van der Waals surface area contributed by atoms with Gasteiger partial charge in [-0.05, 0) is 38.1 Å². The fraction of sp³-hybridized carbons (Fsp3) is 0.190. The van der Waals surface area contributed by atoms with Crippen LogP contribution in [0.3, 0.4) is 0 Å². The Morgan fingerprint density at radius 2 is 1.81 bits per heavy atom. The Morgan fingerprint density at radius 3 is 2.61 bits per heavy atom. The SMILES string of the molecule is CCOc1ccccc1-c1nnc(S[C@@H](C)c2nc(N)nc(Nc3ccccc3)n2)o1. The number of benzene rings is 2. The Kier molecular flexibility index (Phi) is 6.27. The van der Waals surface area contributed by atoms with Gasteiger partial charge in [0.15, 0.2) is 0 Å². The zero-order valence-corrected chi connectivity index (χ0v) is 17.8. The van der Waals surface area contributed by atoms with Gasteiger partial charge in [-0.15, -0.1) is 10.2 Å². The van der Waals surface area contributed by atoms with Crippen molar-refractivity contribution in [1.82, 2.24) is 25.1 Å². The van der Waals surface area contributed by atoms with E-state index in [1.165, 1.54) is 11.8 Å². The third-order valence-electron chi connectivity index (χ3n) is 4.16. The Bertz CT molecular complexity index is 1150. The average Bonchev–Trinajstić information content (AvgIpc) is 3.23. The van der Waals surface area contributed by atoms with Crippen LogP contribution in [0.2, 0.25) is 0 Å². The van der Waals surface area contributed by atoms with Gasteiger partial charge >= 0.3 is 0 Å². The van der Waals surface area contributed by atoms with E-state index in [-0.39, 0.29) is 11.2 Å². The molecule has 0 unspecified atom stereocenters. The van der Waals surface area contributed by atoms with Gasteiger partial charge in [-0.2, -0.15) is 15.0 Å². The molecule has 4 aromatic rings. The molecule has 0 spiro atoms.